The second-order valence-corrected chi connectivity index (χ2v) is 8.95. The van der Waals surface area contributed by atoms with Gasteiger partial charge in [-0.15, -0.1) is 0 Å². The zero-order valence-corrected chi connectivity index (χ0v) is 18.2. The van der Waals surface area contributed by atoms with E-state index in [9.17, 15) is 0 Å². The minimum Gasteiger partial charge on any atom is -0.300 e. The zero-order chi connectivity index (χ0) is 20.5. The molecule has 1 atom stereocenters. The minimum atomic E-state index is 0.101. The molecule has 0 N–H and O–H groups in total. The molecule has 3 aromatic rings. The van der Waals surface area contributed by atoms with Crippen LogP contribution in [0.25, 0.3) is 0 Å². The van der Waals surface area contributed by atoms with Gasteiger partial charge in [0.2, 0.25) is 0 Å². The van der Waals surface area contributed by atoms with Crippen LogP contribution in [0.4, 0.5) is 0 Å². The summed E-state index contributed by atoms with van der Waals surface area (Å²) >= 11 is 0. The largest absolute Gasteiger partial charge is 0.300 e. The average molecular weight is 388 g/mol. The first-order valence-corrected chi connectivity index (χ1v) is 10.8. The van der Waals surface area contributed by atoms with Crippen LogP contribution >= 0.6 is 0 Å². The second kappa shape index (κ2) is 7.79. The fourth-order valence-electron chi connectivity index (χ4n) is 5.54. The van der Waals surface area contributed by atoms with Gasteiger partial charge in [0.1, 0.15) is 0 Å². The van der Waals surface area contributed by atoms with Crippen molar-refractivity contribution in [3.05, 3.63) is 89.7 Å². The van der Waals surface area contributed by atoms with E-state index in [0.29, 0.717) is 5.92 Å². The monoisotopic (exact) mass is 387 g/mol. The van der Waals surface area contributed by atoms with E-state index in [1.165, 1.54) is 16.8 Å². The molecule has 1 fully saturated rings. The van der Waals surface area contributed by atoms with Gasteiger partial charge in [-0.05, 0) is 57.0 Å². The van der Waals surface area contributed by atoms with Gasteiger partial charge in [0.05, 0.1) is 5.69 Å². The van der Waals surface area contributed by atoms with E-state index < -0.39 is 0 Å². The van der Waals surface area contributed by atoms with Gasteiger partial charge in [0.15, 0.2) is 0 Å². The van der Waals surface area contributed by atoms with Crippen LogP contribution in [0.1, 0.15) is 55.3 Å². The lowest BCUT2D eigenvalue weighted by molar-refractivity contribution is 0.0566. The van der Waals surface area contributed by atoms with E-state index in [1.54, 1.807) is 0 Å². The lowest BCUT2D eigenvalue weighted by atomic mass is 9.57. The molecule has 29 heavy (non-hydrogen) atoms. The Morgan fingerprint density at radius 1 is 0.828 bits per heavy atom. The Labute approximate surface area is 175 Å². The number of aryl methyl sites for hydroxylation is 1. The maximum absolute atomic E-state index is 4.79. The van der Waals surface area contributed by atoms with Gasteiger partial charge in [-0.25, -0.2) is 0 Å². The van der Waals surface area contributed by atoms with Crippen molar-refractivity contribution in [2.75, 3.05) is 14.1 Å². The molecule has 4 rings (SSSR count). The Morgan fingerprint density at radius 2 is 1.38 bits per heavy atom. The van der Waals surface area contributed by atoms with Crippen molar-refractivity contribution in [3.63, 3.8) is 0 Å². The Bertz CT molecular complexity index is 919. The number of benzene rings is 2. The van der Waals surface area contributed by atoms with Crippen LogP contribution in [0.15, 0.2) is 72.9 Å². The summed E-state index contributed by atoms with van der Waals surface area (Å²) in [5.74, 6) is 0.377. The van der Waals surface area contributed by atoms with Crippen molar-refractivity contribution < 1.29 is 0 Å². The van der Waals surface area contributed by atoms with Gasteiger partial charge in [-0.1, -0.05) is 67.6 Å². The Hall–Kier alpha value is -2.39. The maximum Gasteiger partial charge on any atom is 0.0661 e. The van der Waals surface area contributed by atoms with Crippen molar-refractivity contribution in [3.8, 4) is 0 Å². The molecule has 0 amide bonds. The van der Waals surface area contributed by atoms with Gasteiger partial charge in [0.25, 0.3) is 0 Å². The summed E-state index contributed by atoms with van der Waals surface area (Å²) in [5.41, 5.74) is 4.32. The van der Waals surface area contributed by atoms with E-state index in [0.717, 1.165) is 25.7 Å². The van der Waals surface area contributed by atoms with Crippen LogP contribution in [0, 0.1) is 0 Å². The van der Waals surface area contributed by atoms with E-state index in [4.69, 9.17) is 5.10 Å². The summed E-state index contributed by atoms with van der Waals surface area (Å²) in [6.07, 6.45) is 6.68. The van der Waals surface area contributed by atoms with Crippen LogP contribution in [0.3, 0.4) is 0 Å². The van der Waals surface area contributed by atoms with Crippen LogP contribution in [-0.4, -0.2) is 28.8 Å². The SMILES string of the molecule is CC(c1ccn(C)n1)C1(c2ccccc2)CCC(c2ccccc2)(N(C)C)CC1. The quantitative estimate of drug-likeness (QED) is 0.577. The summed E-state index contributed by atoms with van der Waals surface area (Å²) in [6, 6.07) is 24.4. The molecular formula is C26H33N3. The molecule has 3 nitrogen and oxygen atoms in total. The molecule has 1 aliphatic rings. The Balaban J connectivity index is 1.73. The molecule has 1 heterocycles. The molecule has 1 saturated carbocycles. The highest BCUT2D eigenvalue weighted by Gasteiger charge is 2.48. The molecule has 2 aromatic carbocycles. The van der Waals surface area contributed by atoms with Gasteiger partial charge in [-0.3, -0.25) is 9.58 Å². The highest BCUT2D eigenvalue weighted by molar-refractivity contribution is 5.34. The summed E-state index contributed by atoms with van der Waals surface area (Å²) in [7, 11) is 6.49. The van der Waals surface area contributed by atoms with Crippen LogP contribution < -0.4 is 0 Å². The third-order valence-corrected chi connectivity index (χ3v) is 7.49. The fourth-order valence-corrected chi connectivity index (χ4v) is 5.54. The smallest absolute Gasteiger partial charge is 0.0661 e. The van der Waals surface area contributed by atoms with E-state index >= 15 is 0 Å². The van der Waals surface area contributed by atoms with Crippen LogP contribution in [0.5, 0.6) is 0 Å². The summed E-state index contributed by atoms with van der Waals surface area (Å²) in [4.78, 5) is 2.45. The van der Waals surface area contributed by atoms with Crippen molar-refractivity contribution in [2.24, 2.45) is 7.05 Å². The topological polar surface area (TPSA) is 21.1 Å². The Kier molecular flexibility index (Phi) is 5.35. The highest BCUT2D eigenvalue weighted by atomic mass is 15.2. The number of hydrogen-bond donors (Lipinski definition) is 0. The first kappa shape index (κ1) is 19.9. The van der Waals surface area contributed by atoms with Crippen LogP contribution in [-0.2, 0) is 18.0 Å². The predicted molar refractivity (Wildman–Crippen MR) is 120 cm³/mol. The summed E-state index contributed by atoms with van der Waals surface area (Å²) in [6.45, 7) is 2.38. The van der Waals surface area contributed by atoms with Crippen molar-refractivity contribution in [2.45, 2.75) is 49.5 Å². The molecule has 0 radical (unpaired) electrons. The molecule has 0 aliphatic heterocycles. The van der Waals surface area contributed by atoms with E-state index in [-0.39, 0.29) is 11.0 Å². The maximum atomic E-state index is 4.79. The van der Waals surface area contributed by atoms with Gasteiger partial charge < -0.3 is 0 Å². The molecule has 1 unspecified atom stereocenters. The molecule has 3 heteroatoms. The molecule has 1 aliphatic carbocycles. The fraction of sp³-hybridized carbons (Fsp3) is 0.423. The third-order valence-electron chi connectivity index (χ3n) is 7.49. The molecule has 0 saturated heterocycles. The molecular weight excluding hydrogens is 354 g/mol. The minimum absolute atomic E-state index is 0.101. The Morgan fingerprint density at radius 3 is 1.86 bits per heavy atom. The number of hydrogen-bond acceptors (Lipinski definition) is 2. The first-order chi connectivity index (χ1) is 14.0. The van der Waals surface area contributed by atoms with Crippen LogP contribution in [0.2, 0.25) is 0 Å². The standard InChI is InChI=1S/C26H33N3/c1-21(24-15-20-29(4)27-24)25(22-11-7-5-8-12-22)16-18-26(19-17-25,28(2)3)23-13-9-6-10-14-23/h5-15,20-21H,16-19H2,1-4H3. The molecule has 0 spiro atoms. The van der Waals surface area contributed by atoms with Gasteiger partial charge >= 0.3 is 0 Å². The zero-order valence-electron chi connectivity index (χ0n) is 18.2. The van der Waals surface area contributed by atoms with Crippen molar-refractivity contribution in [1.82, 2.24) is 14.7 Å². The number of rotatable bonds is 5. The molecule has 0 bridgehead atoms. The highest BCUT2D eigenvalue weighted by Crippen LogP contribution is 2.54. The van der Waals surface area contributed by atoms with E-state index in [2.05, 4.69) is 98.8 Å². The summed E-state index contributed by atoms with van der Waals surface area (Å²) in [5, 5.41) is 4.79. The first-order valence-electron chi connectivity index (χ1n) is 10.8. The molecule has 152 valence electrons. The average Bonchev–Trinajstić information content (AvgIpc) is 3.20. The van der Waals surface area contributed by atoms with Crippen molar-refractivity contribution >= 4 is 0 Å². The van der Waals surface area contributed by atoms with Gasteiger partial charge in [-0.2, -0.15) is 5.10 Å². The van der Waals surface area contributed by atoms with E-state index in [1.807, 2.05) is 11.7 Å². The predicted octanol–water partition coefficient (Wildman–Crippen LogP) is 5.49. The summed E-state index contributed by atoms with van der Waals surface area (Å²) < 4.78 is 1.93. The lowest BCUT2D eigenvalue weighted by Crippen LogP contribution is -2.49. The number of aromatic nitrogens is 2. The molecule has 1 aromatic heterocycles. The second-order valence-electron chi connectivity index (χ2n) is 8.95. The normalized spacial score (nSPS) is 25.8. The third kappa shape index (κ3) is 3.42. The van der Waals surface area contributed by atoms with Gasteiger partial charge in [0, 0.05) is 30.1 Å². The number of nitrogens with zero attached hydrogens (tertiary/aromatic N) is 3. The van der Waals surface area contributed by atoms with Crippen molar-refractivity contribution in [1.29, 1.82) is 0 Å². The lowest BCUT2D eigenvalue weighted by Gasteiger charge is -2.52.